The first-order chi connectivity index (χ1) is 10.00. The Morgan fingerprint density at radius 2 is 1.95 bits per heavy atom. The molecule has 0 saturated heterocycles. The quantitative estimate of drug-likeness (QED) is 0.803. The summed E-state index contributed by atoms with van der Waals surface area (Å²) in [5, 5.41) is 21.3. The molecule has 0 radical (unpaired) electrons. The van der Waals surface area contributed by atoms with Crippen molar-refractivity contribution in [3.63, 3.8) is 0 Å². The van der Waals surface area contributed by atoms with Gasteiger partial charge in [0.1, 0.15) is 11.6 Å². The van der Waals surface area contributed by atoms with Crippen LogP contribution in [-0.4, -0.2) is 16.6 Å². The monoisotopic (exact) mass is 354 g/mol. The maximum atomic E-state index is 14.3. The minimum Gasteiger partial charge on any atom is -0.480 e. The van der Waals surface area contributed by atoms with Crippen molar-refractivity contribution < 1.29 is 14.3 Å². The standard InChI is InChI=1S/C15H16BrFN2O2/c16-12-10(9-18)5-6-11(13(12)17)19-15(14(20)21)7-3-1-2-4-8-15/h5-6,19H,1-4,7-8H2,(H,20,21). The highest BCUT2D eigenvalue weighted by Gasteiger charge is 2.39. The van der Waals surface area contributed by atoms with Gasteiger partial charge in [0.05, 0.1) is 15.7 Å². The average molecular weight is 355 g/mol. The number of benzene rings is 1. The Bertz CT molecular complexity index is 590. The lowest BCUT2D eigenvalue weighted by Crippen LogP contribution is -2.46. The van der Waals surface area contributed by atoms with Crippen molar-refractivity contribution in [2.45, 2.75) is 44.1 Å². The van der Waals surface area contributed by atoms with Gasteiger partial charge in [-0.25, -0.2) is 9.18 Å². The lowest BCUT2D eigenvalue weighted by atomic mass is 9.89. The van der Waals surface area contributed by atoms with E-state index in [4.69, 9.17) is 5.26 Å². The van der Waals surface area contributed by atoms with E-state index in [0.717, 1.165) is 25.7 Å². The van der Waals surface area contributed by atoms with Crippen LogP contribution >= 0.6 is 15.9 Å². The van der Waals surface area contributed by atoms with Gasteiger partial charge in [-0.1, -0.05) is 25.7 Å². The Morgan fingerprint density at radius 3 is 2.48 bits per heavy atom. The molecule has 0 amide bonds. The number of nitriles is 1. The third kappa shape index (κ3) is 3.18. The average Bonchev–Trinajstić information content (AvgIpc) is 2.71. The van der Waals surface area contributed by atoms with Crippen molar-refractivity contribution in [1.29, 1.82) is 5.26 Å². The van der Waals surface area contributed by atoms with Crippen molar-refractivity contribution in [2.24, 2.45) is 0 Å². The largest absolute Gasteiger partial charge is 0.480 e. The summed E-state index contributed by atoms with van der Waals surface area (Å²) in [7, 11) is 0. The minimum absolute atomic E-state index is 0.0594. The lowest BCUT2D eigenvalue weighted by molar-refractivity contribution is -0.142. The van der Waals surface area contributed by atoms with Crippen molar-refractivity contribution in [1.82, 2.24) is 0 Å². The van der Waals surface area contributed by atoms with Crippen molar-refractivity contribution >= 4 is 27.6 Å². The number of hydrogen-bond donors (Lipinski definition) is 2. The van der Waals surface area contributed by atoms with E-state index in [9.17, 15) is 14.3 Å². The molecule has 1 fully saturated rings. The summed E-state index contributed by atoms with van der Waals surface area (Å²) in [6.45, 7) is 0. The van der Waals surface area contributed by atoms with Gasteiger partial charge in [-0.2, -0.15) is 5.26 Å². The van der Waals surface area contributed by atoms with Crippen LogP contribution in [0.15, 0.2) is 16.6 Å². The second-order valence-electron chi connectivity index (χ2n) is 5.33. The number of nitrogens with one attached hydrogen (secondary N) is 1. The van der Waals surface area contributed by atoms with Gasteiger partial charge < -0.3 is 10.4 Å². The van der Waals surface area contributed by atoms with Gasteiger partial charge >= 0.3 is 5.97 Å². The highest BCUT2D eigenvalue weighted by molar-refractivity contribution is 9.10. The number of hydrogen-bond acceptors (Lipinski definition) is 3. The van der Waals surface area contributed by atoms with Crippen LogP contribution in [0.5, 0.6) is 0 Å². The van der Waals surface area contributed by atoms with Crippen LogP contribution in [0.2, 0.25) is 0 Å². The van der Waals surface area contributed by atoms with Crippen LogP contribution < -0.4 is 5.32 Å². The molecule has 1 saturated carbocycles. The highest BCUT2D eigenvalue weighted by Crippen LogP contribution is 2.34. The van der Waals surface area contributed by atoms with Gasteiger partial charge in [0.25, 0.3) is 0 Å². The molecule has 2 N–H and O–H groups in total. The van der Waals surface area contributed by atoms with E-state index in [1.807, 2.05) is 6.07 Å². The number of anilines is 1. The zero-order valence-electron chi connectivity index (χ0n) is 11.5. The molecule has 0 spiro atoms. The molecule has 21 heavy (non-hydrogen) atoms. The highest BCUT2D eigenvalue weighted by atomic mass is 79.9. The maximum Gasteiger partial charge on any atom is 0.329 e. The number of carboxylic acids is 1. The molecule has 1 aliphatic carbocycles. The van der Waals surface area contributed by atoms with E-state index < -0.39 is 17.3 Å². The first-order valence-corrected chi connectivity index (χ1v) is 7.69. The molecule has 0 heterocycles. The van der Waals surface area contributed by atoms with Crippen molar-refractivity contribution in [2.75, 3.05) is 5.32 Å². The summed E-state index contributed by atoms with van der Waals surface area (Å²) in [6, 6.07) is 4.78. The van der Waals surface area contributed by atoms with Crippen LogP contribution in [0.25, 0.3) is 0 Å². The maximum absolute atomic E-state index is 14.3. The lowest BCUT2D eigenvalue weighted by Gasteiger charge is -2.30. The molecule has 0 bridgehead atoms. The second kappa shape index (κ2) is 6.44. The molecule has 0 aliphatic heterocycles. The number of carbonyl (C=O) groups is 1. The molecule has 0 atom stereocenters. The van der Waals surface area contributed by atoms with E-state index in [-0.39, 0.29) is 15.7 Å². The summed E-state index contributed by atoms with van der Waals surface area (Å²) >= 11 is 3.04. The molecule has 1 aromatic carbocycles. The Labute approximate surface area is 131 Å². The smallest absolute Gasteiger partial charge is 0.329 e. The molecular weight excluding hydrogens is 339 g/mol. The summed E-state index contributed by atoms with van der Waals surface area (Å²) in [5.74, 6) is -1.58. The van der Waals surface area contributed by atoms with E-state index >= 15 is 0 Å². The summed E-state index contributed by atoms with van der Waals surface area (Å²) in [4.78, 5) is 11.7. The SMILES string of the molecule is N#Cc1ccc(NC2(C(=O)O)CCCCCC2)c(F)c1Br. The Balaban J connectivity index is 2.36. The summed E-state index contributed by atoms with van der Waals surface area (Å²) in [5.41, 5.74) is -0.834. The second-order valence-corrected chi connectivity index (χ2v) is 6.12. The zero-order valence-corrected chi connectivity index (χ0v) is 13.0. The fourth-order valence-corrected chi connectivity index (χ4v) is 3.15. The van der Waals surface area contributed by atoms with Gasteiger partial charge in [-0.05, 0) is 40.9 Å². The van der Waals surface area contributed by atoms with Gasteiger partial charge in [0, 0.05) is 0 Å². The fraction of sp³-hybridized carbons (Fsp3) is 0.467. The van der Waals surface area contributed by atoms with Crippen LogP contribution in [0.4, 0.5) is 10.1 Å². The Morgan fingerprint density at radius 1 is 1.33 bits per heavy atom. The fourth-order valence-electron chi connectivity index (χ4n) is 2.71. The Hall–Kier alpha value is -1.61. The van der Waals surface area contributed by atoms with Gasteiger partial charge in [0.15, 0.2) is 5.82 Å². The molecule has 0 aromatic heterocycles. The molecule has 4 nitrogen and oxygen atoms in total. The van der Waals surface area contributed by atoms with Crippen LogP contribution in [0, 0.1) is 17.1 Å². The molecule has 112 valence electrons. The normalized spacial score (nSPS) is 17.6. The van der Waals surface area contributed by atoms with E-state index in [1.54, 1.807) is 0 Å². The van der Waals surface area contributed by atoms with Gasteiger partial charge in [0.2, 0.25) is 0 Å². The van der Waals surface area contributed by atoms with Gasteiger partial charge in [-0.15, -0.1) is 0 Å². The van der Waals surface area contributed by atoms with Crippen molar-refractivity contribution in [3.8, 4) is 6.07 Å². The third-order valence-electron chi connectivity index (χ3n) is 3.94. The molecular formula is C15H16BrFN2O2. The summed E-state index contributed by atoms with van der Waals surface area (Å²) < 4.78 is 14.3. The van der Waals surface area contributed by atoms with E-state index in [1.165, 1.54) is 12.1 Å². The van der Waals surface area contributed by atoms with Crippen LogP contribution in [0.1, 0.15) is 44.1 Å². The first-order valence-electron chi connectivity index (χ1n) is 6.90. The summed E-state index contributed by atoms with van der Waals surface area (Å²) in [6.07, 6.45) is 4.54. The van der Waals surface area contributed by atoms with Crippen molar-refractivity contribution in [3.05, 3.63) is 28.0 Å². The number of nitrogens with zero attached hydrogens (tertiary/aromatic N) is 1. The number of halogens is 2. The number of carboxylic acid groups (broad SMARTS) is 1. The molecule has 6 heteroatoms. The predicted octanol–water partition coefficient (Wildman–Crippen LogP) is 4.05. The molecule has 0 unspecified atom stereocenters. The predicted molar refractivity (Wildman–Crippen MR) is 80.5 cm³/mol. The molecule has 2 rings (SSSR count). The molecule has 1 aliphatic rings. The Kier molecular flexibility index (Phi) is 4.84. The molecule has 1 aromatic rings. The van der Waals surface area contributed by atoms with Crippen LogP contribution in [0.3, 0.4) is 0 Å². The van der Waals surface area contributed by atoms with Gasteiger partial charge in [-0.3, -0.25) is 0 Å². The van der Waals surface area contributed by atoms with Crippen LogP contribution in [-0.2, 0) is 4.79 Å². The topological polar surface area (TPSA) is 73.1 Å². The third-order valence-corrected chi connectivity index (χ3v) is 4.72. The number of rotatable bonds is 3. The van der Waals surface area contributed by atoms with E-state index in [0.29, 0.717) is 12.8 Å². The first kappa shape index (κ1) is 15.8. The van der Waals surface area contributed by atoms with E-state index in [2.05, 4.69) is 21.2 Å². The zero-order chi connectivity index (χ0) is 15.5. The minimum atomic E-state index is -1.13. The number of aliphatic carboxylic acids is 1.